The number of nitrogens with zero attached hydrogens (tertiary/aromatic N) is 3. The first-order chi connectivity index (χ1) is 6.90. The Balaban J connectivity index is 1.99. The van der Waals surface area contributed by atoms with Crippen LogP contribution in [-0.2, 0) is 4.79 Å². The van der Waals surface area contributed by atoms with Crippen LogP contribution in [0.15, 0.2) is 18.5 Å². The van der Waals surface area contributed by atoms with Crippen LogP contribution in [0.5, 0.6) is 0 Å². The highest BCUT2D eigenvalue weighted by Crippen LogP contribution is 2.18. The smallest absolute Gasteiger partial charge is 0.225 e. The minimum Gasteiger partial charge on any atom is -0.341 e. The van der Waals surface area contributed by atoms with Gasteiger partial charge in [0, 0.05) is 31.4 Å². The highest BCUT2D eigenvalue weighted by atomic mass is 16.1. The van der Waals surface area contributed by atoms with E-state index in [4.69, 9.17) is 0 Å². The van der Waals surface area contributed by atoms with Crippen molar-refractivity contribution in [2.75, 3.05) is 18.0 Å². The monoisotopic (exact) mass is 191 g/mol. The zero-order valence-electron chi connectivity index (χ0n) is 7.97. The number of hydrogen-bond donors (Lipinski definition) is 0. The summed E-state index contributed by atoms with van der Waals surface area (Å²) in [7, 11) is 0. The normalized spacial score (nSPS) is 18.1. The third-order valence-corrected chi connectivity index (χ3v) is 2.57. The molecule has 0 bridgehead atoms. The van der Waals surface area contributed by atoms with Crippen LogP contribution in [0, 0.1) is 5.92 Å². The van der Waals surface area contributed by atoms with Crippen molar-refractivity contribution in [1.29, 1.82) is 0 Å². The Hall–Kier alpha value is -1.45. The van der Waals surface area contributed by atoms with Gasteiger partial charge in [0.15, 0.2) is 0 Å². The molecule has 0 spiro atoms. The van der Waals surface area contributed by atoms with E-state index in [2.05, 4.69) is 14.9 Å². The maximum atomic E-state index is 10.6. The molecule has 1 aliphatic rings. The standard InChI is InChI=1S/C10H13N3O/c14-8-9-2-6-13(7-3-9)10-11-4-1-5-12-10/h1,4-5,8-9H,2-3,6-7H2. The lowest BCUT2D eigenvalue weighted by atomic mass is 9.99. The van der Waals surface area contributed by atoms with Crippen LogP contribution < -0.4 is 4.90 Å². The van der Waals surface area contributed by atoms with Gasteiger partial charge in [0.1, 0.15) is 6.29 Å². The third kappa shape index (κ3) is 1.89. The third-order valence-electron chi connectivity index (χ3n) is 2.57. The zero-order valence-corrected chi connectivity index (χ0v) is 7.97. The van der Waals surface area contributed by atoms with E-state index in [1.54, 1.807) is 12.4 Å². The molecule has 74 valence electrons. The van der Waals surface area contributed by atoms with Crippen LogP contribution in [0.1, 0.15) is 12.8 Å². The Morgan fingerprint density at radius 3 is 2.50 bits per heavy atom. The van der Waals surface area contributed by atoms with Crippen LogP contribution in [0.25, 0.3) is 0 Å². The first-order valence-electron chi connectivity index (χ1n) is 4.87. The summed E-state index contributed by atoms with van der Waals surface area (Å²) in [4.78, 5) is 21.0. The molecule has 2 rings (SSSR count). The van der Waals surface area contributed by atoms with Gasteiger partial charge in [-0.1, -0.05) is 0 Å². The molecule has 4 heteroatoms. The summed E-state index contributed by atoms with van der Waals surface area (Å²) >= 11 is 0. The molecule has 4 nitrogen and oxygen atoms in total. The first-order valence-corrected chi connectivity index (χ1v) is 4.87. The van der Waals surface area contributed by atoms with Gasteiger partial charge in [-0.3, -0.25) is 0 Å². The lowest BCUT2D eigenvalue weighted by Gasteiger charge is -2.29. The van der Waals surface area contributed by atoms with E-state index >= 15 is 0 Å². The number of carbonyl (C=O) groups excluding carboxylic acids is 1. The average molecular weight is 191 g/mol. The van der Waals surface area contributed by atoms with Gasteiger partial charge in [-0.05, 0) is 18.9 Å². The van der Waals surface area contributed by atoms with Gasteiger partial charge in [-0.15, -0.1) is 0 Å². The van der Waals surface area contributed by atoms with Crippen molar-refractivity contribution < 1.29 is 4.79 Å². The molecule has 1 aromatic rings. The molecule has 0 aromatic carbocycles. The zero-order chi connectivity index (χ0) is 9.80. The van der Waals surface area contributed by atoms with E-state index in [1.165, 1.54) is 0 Å². The first kappa shape index (κ1) is 9.12. The summed E-state index contributed by atoms with van der Waals surface area (Å²) in [6, 6.07) is 1.81. The maximum absolute atomic E-state index is 10.6. The van der Waals surface area contributed by atoms with Crippen molar-refractivity contribution >= 4 is 12.2 Å². The Kier molecular flexibility index (Phi) is 2.72. The fraction of sp³-hybridized carbons (Fsp3) is 0.500. The predicted octanol–water partition coefficient (Wildman–Crippen LogP) is 0.892. The summed E-state index contributed by atoms with van der Waals surface area (Å²) in [5.41, 5.74) is 0. The summed E-state index contributed by atoms with van der Waals surface area (Å²) in [6.45, 7) is 1.76. The topological polar surface area (TPSA) is 46.1 Å². The molecular weight excluding hydrogens is 178 g/mol. The van der Waals surface area contributed by atoms with Gasteiger partial charge >= 0.3 is 0 Å². The Morgan fingerprint density at radius 1 is 1.29 bits per heavy atom. The molecule has 1 saturated heterocycles. The second-order valence-corrected chi connectivity index (χ2v) is 3.51. The molecule has 0 unspecified atom stereocenters. The van der Waals surface area contributed by atoms with E-state index in [-0.39, 0.29) is 5.92 Å². The molecule has 1 fully saturated rings. The largest absolute Gasteiger partial charge is 0.341 e. The Bertz CT molecular complexity index is 293. The number of aldehydes is 1. The fourth-order valence-electron chi connectivity index (χ4n) is 1.69. The maximum Gasteiger partial charge on any atom is 0.225 e. The summed E-state index contributed by atoms with van der Waals surface area (Å²) in [6.07, 6.45) is 6.38. The highest BCUT2D eigenvalue weighted by molar-refractivity contribution is 5.54. The molecule has 0 N–H and O–H groups in total. The van der Waals surface area contributed by atoms with E-state index in [0.29, 0.717) is 0 Å². The van der Waals surface area contributed by atoms with Gasteiger partial charge in [-0.25, -0.2) is 9.97 Å². The number of piperidine rings is 1. The molecule has 14 heavy (non-hydrogen) atoms. The van der Waals surface area contributed by atoms with Crippen LogP contribution in [0.3, 0.4) is 0 Å². The van der Waals surface area contributed by atoms with Crippen molar-refractivity contribution in [1.82, 2.24) is 9.97 Å². The number of rotatable bonds is 2. The Labute approximate surface area is 83.0 Å². The molecule has 2 heterocycles. The van der Waals surface area contributed by atoms with E-state index < -0.39 is 0 Å². The van der Waals surface area contributed by atoms with Gasteiger partial charge < -0.3 is 9.69 Å². The molecule has 0 amide bonds. The van der Waals surface area contributed by atoms with Crippen LogP contribution >= 0.6 is 0 Å². The summed E-state index contributed by atoms with van der Waals surface area (Å²) < 4.78 is 0. The lowest BCUT2D eigenvalue weighted by molar-refractivity contribution is -0.111. The molecule has 1 aliphatic heterocycles. The van der Waals surface area contributed by atoms with Crippen molar-refractivity contribution in [3.05, 3.63) is 18.5 Å². The molecule has 0 aliphatic carbocycles. The van der Waals surface area contributed by atoms with E-state index in [9.17, 15) is 4.79 Å². The minimum atomic E-state index is 0.231. The van der Waals surface area contributed by atoms with Gasteiger partial charge in [0.05, 0.1) is 0 Å². The minimum absolute atomic E-state index is 0.231. The van der Waals surface area contributed by atoms with Crippen LogP contribution in [0.2, 0.25) is 0 Å². The fourth-order valence-corrected chi connectivity index (χ4v) is 1.69. The molecular formula is C10H13N3O. The molecule has 0 atom stereocenters. The van der Waals surface area contributed by atoms with Crippen LogP contribution in [0.4, 0.5) is 5.95 Å². The molecule has 0 saturated carbocycles. The predicted molar refractivity (Wildman–Crippen MR) is 53.0 cm³/mol. The Morgan fingerprint density at radius 2 is 1.93 bits per heavy atom. The average Bonchev–Trinajstić information content (AvgIpc) is 2.30. The van der Waals surface area contributed by atoms with Gasteiger partial charge in [0.2, 0.25) is 5.95 Å². The molecule has 1 aromatic heterocycles. The van der Waals surface area contributed by atoms with Crippen molar-refractivity contribution in [3.63, 3.8) is 0 Å². The number of anilines is 1. The van der Waals surface area contributed by atoms with E-state index in [0.717, 1.165) is 38.2 Å². The van der Waals surface area contributed by atoms with Crippen molar-refractivity contribution in [3.8, 4) is 0 Å². The summed E-state index contributed by atoms with van der Waals surface area (Å²) in [5.74, 6) is 1.01. The number of hydrogen-bond acceptors (Lipinski definition) is 4. The van der Waals surface area contributed by atoms with E-state index in [1.807, 2.05) is 6.07 Å². The van der Waals surface area contributed by atoms with Gasteiger partial charge in [0.25, 0.3) is 0 Å². The second kappa shape index (κ2) is 4.17. The second-order valence-electron chi connectivity index (χ2n) is 3.51. The lowest BCUT2D eigenvalue weighted by Crippen LogP contribution is -2.35. The number of carbonyl (C=O) groups is 1. The summed E-state index contributed by atoms with van der Waals surface area (Å²) in [5, 5.41) is 0. The van der Waals surface area contributed by atoms with Crippen LogP contribution in [-0.4, -0.2) is 29.3 Å². The van der Waals surface area contributed by atoms with Crippen molar-refractivity contribution in [2.24, 2.45) is 5.92 Å². The molecule has 0 radical (unpaired) electrons. The number of aromatic nitrogens is 2. The SMILES string of the molecule is O=CC1CCN(c2ncccn2)CC1. The highest BCUT2D eigenvalue weighted by Gasteiger charge is 2.19. The van der Waals surface area contributed by atoms with Gasteiger partial charge in [-0.2, -0.15) is 0 Å². The van der Waals surface area contributed by atoms with Crippen molar-refractivity contribution in [2.45, 2.75) is 12.8 Å². The quantitative estimate of drug-likeness (QED) is 0.651.